The number of ether oxygens (including phenoxy) is 1. The van der Waals surface area contributed by atoms with Crippen LogP contribution < -0.4 is 4.74 Å². The van der Waals surface area contributed by atoms with Gasteiger partial charge < -0.3 is 9.72 Å². The molecular formula is C15H17NO2. The number of Topliss-reactive ketones (excluding diaryl/α,β-unsaturated/α-hetero) is 1. The van der Waals surface area contributed by atoms with Crippen LogP contribution in [0, 0.1) is 0 Å². The Kier molecular flexibility index (Phi) is 2.62. The summed E-state index contributed by atoms with van der Waals surface area (Å²) in [6.07, 6.45) is 2.76. The molecular weight excluding hydrogens is 226 g/mol. The largest absolute Gasteiger partial charge is 0.491 e. The van der Waals surface area contributed by atoms with Gasteiger partial charge in [-0.25, -0.2) is 0 Å². The van der Waals surface area contributed by atoms with Crippen molar-refractivity contribution in [2.45, 2.75) is 39.2 Å². The van der Waals surface area contributed by atoms with Crippen LogP contribution in [0.3, 0.4) is 0 Å². The van der Waals surface area contributed by atoms with Gasteiger partial charge in [0.15, 0.2) is 5.78 Å². The number of fused-ring (bicyclic) bond motifs is 3. The number of aryl methyl sites for hydroxylation is 1. The molecule has 1 heterocycles. The van der Waals surface area contributed by atoms with E-state index in [1.165, 1.54) is 0 Å². The SMILES string of the molecule is CC(C)Oc1ccc2[nH]c3c(c2c1)CCCC3=O. The van der Waals surface area contributed by atoms with E-state index in [0.717, 1.165) is 40.8 Å². The number of rotatable bonds is 2. The van der Waals surface area contributed by atoms with Crippen LogP contribution in [-0.4, -0.2) is 16.9 Å². The quantitative estimate of drug-likeness (QED) is 0.877. The number of carbonyl (C=O) groups excluding carboxylic acids is 1. The summed E-state index contributed by atoms with van der Waals surface area (Å²) in [6.45, 7) is 4.03. The van der Waals surface area contributed by atoms with Crippen molar-refractivity contribution in [1.82, 2.24) is 4.98 Å². The Morgan fingerprint density at radius 2 is 2.11 bits per heavy atom. The zero-order valence-corrected chi connectivity index (χ0v) is 10.7. The Morgan fingerprint density at radius 1 is 1.28 bits per heavy atom. The molecule has 0 spiro atoms. The average Bonchev–Trinajstić information content (AvgIpc) is 2.68. The number of ketones is 1. The first-order chi connectivity index (χ1) is 8.65. The first-order valence-electron chi connectivity index (χ1n) is 6.49. The van der Waals surface area contributed by atoms with Gasteiger partial charge in [-0.15, -0.1) is 0 Å². The van der Waals surface area contributed by atoms with E-state index < -0.39 is 0 Å². The van der Waals surface area contributed by atoms with Crippen molar-refractivity contribution in [3.8, 4) is 5.75 Å². The van der Waals surface area contributed by atoms with Crippen LogP contribution in [-0.2, 0) is 6.42 Å². The summed E-state index contributed by atoms with van der Waals surface area (Å²) in [6, 6.07) is 6.00. The van der Waals surface area contributed by atoms with Gasteiger partial charge in [0.1, 0.15) is 5.75 Å². The van der Waals surface area contributed by atoms with E-state index in [2.05, 4.69) is 4.98 Å². The van der Waals surface area contributed by atoms with Crippen LogP contribution >= 0.6 is 0 Å². The molecule has 0 bridgehead atoms. The van der Waals surface area contributed by atoms with Gasteiger partial charge in [-0.3, -0.25) is 4.79 Å². The lowest BCUT2D eigenvalue weighted by molar-refractivity contribution is 0.0968. The van der Waals surface area contributed by atoms with Gasteiger partial charge in [-0.05, 0) is 50.5 Å². The number of aromatic nitrogens is 1. The first-order valence-corrected chi connectivity index (χ1v) is 6.49. The predicted molar refractivity (Wildman–Crippen MR) is 71.3 cm³/mol. The fourth-order valence-corrected chi connectivity index (χ4v) is 2.62. The summed E-state index contributed by atoms with van der Waals surface area (Å²) in [5.74, 6) is 1.11. The maximum atomic E-state index is 11.9. The van der Waals surface area contributed by atoms with E-state index in [9.17, 15) is 4.79 Å². The Bertz CT molecular complexity index is 610. The van der Waals surface area contributed by atoms with Crippen molar-refractivity contribution < 1.29 is 9.53 Å². The zero-order valence-electron chi connectivity index (χ0n) is 10.7. The van der Waals surface area contributed by atoms with Gasteiger partial charge in [0.25, 0.3) is 0 Å². The van der Waals surface area contributed by atoms with Gasteiger partial charge >= 0.3 is 0 Å². The molecule has 1 aromatic heterocycles. The van der Waals surface area contributed by atoms with Crippen molar-refractivity contribution in [3.63, 3.8) is 0 Å². The number of hydrogen-bond acceptors (Lipinski definition) is 2. The molecule has 94 valence electrons. The highest BCUT2D eigenvalue weighted by atomic mass is 16.5. The fraction of sp³-hybridized carbons (Fsp3) is 0.400. The van der Waals surface area contributed by atoms with Crippen molar-refractivity contribution in [3.05, 3.63) is 29.5 Å². The van der Waals surface area contributed by atoms with Crippen LogP contribution in [0.25, 0.3) is 10.9 Å². The molecule has 1 aliphatic carbocycles. The molecule has 0 saturated heterocycles. The molecule has 0 fully saturated rings. The maximum absolute atomic E-state index is 11.9. The second-order valence-electron chi connectivity index (χ2n) is 5.13. The Balaban J connectivity index is 2.12. The van der Waals surface area contributed by atoms with Crippen LogP contribution in [0.1, 0.15) is 42.7 Å². The van der Waals surface area contributed by atoms with Crippen LogP contribution in [0.2, 0.25) is 0 Å². The second kappa shape index (κ2) is 4.16. The summed E-state index contributed by atoms with van der Waals surface area (Å²) in [7, 11) is 0. The van der Waals surface area contributed by atoms with Crippen molar-refractivity contribution in [2.24, 2.45) is 0 Å². The molecule has 0 unspecified atom stereocenters. The average molecular weight is 243 g/mol. The Morgan fingerprint density at radius 3 is 2.89 bits per heavy atom. The van der Waals surface area contributed by atoms with Crippen LogP contribution in [0.5, 0.6) is 5.75 Å². The highest BCUT2D eigenvalue weighted by Gasteiger charge is 2.21. The van der Waals surface area contributed by atoms with Gasteiger partial charge in [-0.2, -0.15) is 0 Å². The topological polar surface area (TPSA) is 42.1 Å². The number of hydrogen-bond donors (Lipinski definition) is 1. The normalized spacial score (nSPS) is 15.2. The molecule has 0 atom stereocenters. The van der Waals surface area contributed by atoms with E-state index in [0.29, 0.717) is 6.42 Å². The van der Waals surface area contributed by atoms with Crippen molar-refractivity contribution in [2.75, 3.05) is 0 Å². The summed E-state index contributed by atoms with van der Waals surface area (Å²) in [5.41, 5.74) is 3.00. The molecule has 0 saturated carbocycles. The monoisotopic (exact) mass is 243 g/mol. The van der Waals surface area contributed by atoms with E-state index in [1.807, 2.05) is 32.0 Å². The van der Waals surface area contributed by atoms with Gasteiger partial charge in [0.05, 0.1) is 11.8 Å². The number of H-pyrrole nitrogens is 1. The molecule has 3 rings (SSSR count). The molecule has 1 N–H and O–H groups in total. The third-order valence-electron chi connectivity index (χ3n) is 3.36. The number of nitrogens with one attached hydrogen (secondary N) is 1. The van der Waals surface area contributed by atoms with E-state index in [1.54, 1.807) is 0 Å². The van der Waals surface area contributed by atoms with Gasteiger partial charge in [0, 0.05) is 17.3 Å². The number of aromatic amines is 1. The number of benzene rings is 1. The Labute approximate surface area is 106 Å². The lowest BCUT2D eigenvalue weighted by Crippen LogP contribution is -2.09. The van der Waals surface area contributed by atoms with Crippen molar-refractivity contribution in [1.29, 1.82) is 0 Å². The summed E-state index contributed by atoms with van der Waals surface area (Å²) < 4.78 is 5.71. The molecule has 1 aliphatic rings. The van der Waals surface area contributed by atoms with Crippen LogP contribution in [0.15, 0.2) is 18.2 Å². The highest BCUT2D eigenvalue weighted by Crippen LogP contribution is 2.31. The van der Waals surface area contributed by atoms with Crippen LogP contribution in [0.4, 0.5) is 0 Å². The third kappa shape index (κ3) is 1.80. The second-order valence-corrected chi connectivity index (χ2v) is 5.13. The molecule has 0 aliphatic heterocycles. The minimum absolute atomic E-state index is 0.166. The summed E-state index contributed by atoms with van der Waals surface area (Å²) in [4.78, 5) is 15.1. The molecule has 0 radical (unpaired) electrons. The Hall–Kier alpha value is -1.77. The molecule has 3 nitrogen and oxygen atoms in total. The lowest BCUT2D eigenvalue weighted by atomic mass is 9.95. The number of carbonyl (C=O) groups is 1. The third-order valence-corrected chi connectivity index (χ3v) is 3.36. The predicted octanol–water partition coefficient (Wildman–Crippen LogP) is 3.47. The lowest BCUT2D eigenvalue weighted by Gasteiger charge is -2.11. The first kappa shape index (κ1) is 11.3. The molecule has 2 aromatic rings. The van der Waals surface area contributed by atoms with Gasteiger partial charge in [-0.1, -0.05) is 0 Å². The zero-order chi connectivity index (χ0) is 12.7. The fourth-order valence-electron chi connectivity index (χ4n) is 2.62. The summed E-state index contributed by atoms with van der Waals surface area (Å²) in [5, 5.41) is 1.14. The van der Waals surface area contributed by atoms with E-state index >= 15 is 0 Å². The summed E-state index contributed by atoms with van der Waals surface area (Å²) >= 11 is 0. The van der Waals surface area contributed by atoms with Crippen molar-refractivity contribution >= 4 is 16.7 Å². The van der Waals surface area contributed by atoms with E-state index in [4.69, 9.17) is 4.74 Å². The maximum Gasteiger partial charge on any atom is 0.179 e. The molecule has 18 heavy (non-hydrogen) atoms. The smallest absolute Gasteiger partial charge is 0.179 e. The van der Waals surface area contributed by atoms with E-state index in [-0.39, 0.29) is 11.9 Å². The molecule has 3 heteroatoms. The minimum Gasteiger partial charge on any atom is -0.491 e. The standard InChI is InChI=1S/C15H17NO2/c1-9(2)18-10-6-7-13-12(8-10)11-4-3-5-14(17)15(11)16-13/h6-9,16H,3-5H2,1-2H3. The van der Waals surface area contributed by atoms with Gasteiger partial charge in [0.2, 0.25) is 0 Å². The molecule has 1 aromatic carbocycles. The highest BCUT2D eigenvalue weighted by molar-refractivity contribution is 6.03. The minimum atomic E-state index is 0.166. The molecule has 0 amide bonds.